The summed E-state index contributed by atoms with van der Waals surface area (Å²) in [6, 6.07) is 136. The zero-order chi connectivity index (χ0) is 99.3. The number of hydrogen-bond donors (Lipinski definition) is 2. The van der Waals surface area contributed by atoms with Gasteiger partial charge in [-0.1, -0.05) is 415 Å². The lowest BCUT2D eigenvalue weighted by atomic mass is 9.78. The highest BCUT2D eigenvalue weighted by Gasteiger charge is 2.51. The van der Waals surface area contributed by atoms with E-state index in [9.17, 15) is 0 Å². The van der Waals surface area contributed by atoms with Gasteiger partial charge in [0.15, 0.2) is 52.4 Å². The van der Waals surface area contributed by atoms with Crippen molar-refractivity contribution in [2.24, 2.45) is 0 Å². The summed E-state index contributed by atoms with van der Waals surface area (Å²) >= 11 is 10.8. The standard InChI is InChI=1S/C44H32N4.C29H22BrN3.C23H17Br2N3.C21H22BNO2.C6H7BO2/c1-29-12-16-35(17-13-29)42-46-43(36-18-14-30(2)15-19-36)48-44(47-42)39-27-37(31-8-4-3-5-9-31)26-38(28-39)32-20-22-34(23-21-32)41-40-11-7-6-10-33(40)24-25-45-41;1-19-8-12-22(13-9-19)27-31-28(23-14-10-20(2)11-15-23)33-29(32-27)25-16-24(17-26(30)18-25)21-6-4-3-5-7-21;1-14-3-7-16(8-4-14)21-26-22(17-9-5-15(2)6-10-17)28-23(27-21)18-11-19(24)13-20(25)12-18;1-20(2)21(3,4)25-22(24-20)17-11-9-16(10-12-17)19-18-8-6-5-7-15(18)13-14-23-19;8-7(9)6-4-2-1-3-5-6/h3-28H,1-2H3;3-18H,1-2H3;3-13H,1-2H3;5-14H,1-4H3;1-5,8-9H. The van der Waals surface area contributed by atoms with Crippen LogP contribution in [0.15, 0.2) is 426 Å². The van der Waals surface area contributed by atoms with Gasteiger partial charge < -0.3 is 19.4 Å². The van der Waals surface area contributed by atoms with Gasteiger partial charge in [0.1, 0.15) is 0 Å². The van der Waals surface area contributed by atoms with E-state index in [0.717, 1.165) is 136 Å². The Morgan fingerprint density at radius 1 is 0.231 bits per heavy atom. The lowest BCUT2D eigenvalue weighted by Crippen LogP contribution is -2.41. The summed E-state index contributed by atoms with van der Waals surface area (Å²) in [5, 5.41) is 21.8. The van der Waals surface area contributed by atoms with E-state index in [1.807, 2.05) is 103 Å². The first-order chi connectivity index (χ1) is 69.3. The second kappa shape index (κ2) is 44.3. The molecule has 0 spiro atoms. The molecule has 16 aromatic carbocycles. The van der Waals surface area contributed by atoms with Gasteiger partial charge in [0.2, 0.25) is 0 Å². The number of benzene rings is 16. The van der Waals surface area contributed by atoms with E-state index in [0.29, 0.717) is 57.9 Å². The summed E-state index contributed by atoms with van der Waals surface area (Å²) in [7, 11) is -1.68. The van der Waals surface area contributed by atoms with Crippen molar-refractivity contribution in [1.29, 1.82) is 0 Å². The van der Waals surface area contributed by atoms with E-state index < -0.39 is 7.12 Å². The Morgan fingerprint density at radius 2 is 0.462 bits per heavy atom. The maximum absolute atomic E-state index is 8.58. The van der Waals surface area contributed by atoms with E-state index >= 15 is 0 Å². The van der Waals surface area contributed by atoms with E-state index in [4.69, 9.17) is 69.2 Å². The summed E-state index contributed by atoms with van der Waals surface area (Å²) in [5.41, 5.74) is 27.5. The third kappa shape index (κ3) is 24.2. The SMILES string of the molecule is CC1(C)OB(c2ccc(-c3nccc4ccccc34)cc2)OC1(C)C.Cc1ccc(-c2nc(-c3ccc(C)cc3)nc(-c3cc(-c4ccccc4)cc(-c4ccc(-c5nccc6ccccc56)cc4)c3)n2)cc1.Cc1ccc(-c2nc(-c3ccc(C)cc3)nc(-c3cc(Br)cc(-c4ccccc4)c3)n2)cc1.Cc1ccc(-c2nc(-c3ccc(C)cc3)nc(-c3cc(Br)cc(Br)c3)n2)cc1.OB(O)c1ccccc1. The number of fused-ring (bicyclic) bond motifs is 2. The molecule has 22 rings (SSSR count). The van der Waals surface area contributed by atoms with Gasteiger partial charge in [-0.2, -0.15) is 0 Å². The minimum absolute atomic E-state index is 0.326. The first-order valence-corrected chi connectivity index (χ1v) is 49.6. The van der Waals surface area contributed by atoms with Crippen molar-refractivity contribution < 1.29 is 19.4 Å². The molecule has 20 heteroatoms. The summed E-state index contributed by atoms with van der Waals surface area (Å²) in [6.07, 6.45) is 3.74. The summed E-state index contributed by atoms with van der Waals surface area (Å²) in [4.78, 5) is 53.3. The number of rotatable bonds is 16. The summed E-state index contributed by atoms with van der Waals surface area (Å²) < 4.78 is 15.2. The molecule has 0 atom stereocenters. The monoisotopic (exact) mass is 2050 g/mol. The molecule has 5 aromatic heterocycles. The molecule has 6 heterocycles. The largest absolute Gasteiger partial charge is 0.494 e. The highest BCUT2D eigenvalue weighted by molar-refractivity contribution is 9.11. The second-order valence-electron chi connectivity index (χ2n) is 36.4. The topological polar surface area (TPSA) is 201 Å². The molecule has 0 unspecified atom stereocenters. The molecule has 698 valence electrons. The van der Waals surface area contributed by atoms with Crippen LogP contribution in [0.25, 0.3) is 180 Å². The van der Waals surface area contributed by atoms with Crippen molar-refractivity contribution in [2.45, 2.75) is 80.4 Å². The first kappa shape index (κ1) is 98.0. The lowest BCUT2D eigenvalue weighted by Gasteiger charge is -2.32. The smallest absolute Gasteiger partial charge is 0.423 e. The van der Waals surface area contributed by atoms with Crippen LogP contribution >= 0.6 is 47.8 Å². The van der Waals surface area contributed by atoms with Crippen LogP contribution in [0.4, 0.5) is 0 Å². The molecule has 0 saturated carbocycles. The van der Waals surface area contributed by atoms with Crippen LogP contribution in [-0.4, -0.2) is 90.3 Å². The number of aryl methyl sites for hydroxylation is 6. The van der Waals surface area contributed by atoms with E-state index in [-0.39, 0.29) is 18.3 Å². The summed E-state index contributed by atoms with van der Waals surface area (Å²) in [5.74, 6) is 5.87. The number of nitrogens with zero attached hydrogens (tertiary/aromatic N) is 11. The van der Waals surface area contributed by atoms with Crippen molar-refractivity contribution in [1.82, 2.24) is 54.8 Å². The maximum atomic E-state index is 8.58. The Kier molecular flexibility index (Phi) is 30.4. The van der Waals surface area contributed by atoms with Crippen LogP contribution in [-0.2, 0) is 9.31 Å². The average Bonchev–Trinajstić information content (AvgIpc) is 1.54. The quantitative estimate of drug-likeness (QED) is 0.0865. The predicted octanol–water partition coefficient (Wildman–Crippen LogP) is 29.5. The lowest BCUT2D eigenvalue weighted by molar-refractivity contribution is 0.00578. The Morgan fingerprint density at radius 3 is 0.776 bits per heavy atom. The fourth-order valence-corrected chi connectivity index (χ4v) is 18.1. The third-order valence-corrected chi connectivity index (χ3v) is 26.5. The van der Waals surface area contributed by atoms with Gasteiger partial charge in [-0.15, -0.1) is 0 Å². The zero-order valence-corrected chi connectivity index (χ0v) is 85.4. The van der Waals surface area contributed by atoms with Gasteiger partial charge in [-0.3, -0.25) is 9.97 Å². The van der Waals surface area contributed by atoms with Crippen molar-refractivity contribution in [2.75, 3.05) is 0 Å². The molecule has 15 nitrogen and oxygen atoms in total. The van der Waals surface area contributed by atoms with E-state index in [2.05, 4.69) is 407 Å². The van der Waals surface area contributed by atoms with Gasteiger partial charge in [0, 0.05) is 97.8 Å². The van der Waals surface area contributed by atoms with E-state index in [1.165, 1.54) is 44.2 Å². The van der Waals surface area contributed by atoms with Crippen molar-refractivity contribution in [3.8, 4) is 158 Å². The van der Waals surface area contributed by atoms with Gasteiger partial charge in [-0.05, 0) is 191 Å². The molecule has 0 bridgehead atoms. The molecule has 143 heavy (non-hydrogen) atoms. The Bertz CT molecular complexity index is 7810. The normalized spacial score (nSPS) is 12.2. The Labute approximate surface area is 860 Å². The molecule has 2 N–H and O–H groups in total. The fourth-order valence-electron chi connectivity index (χ4n) is 16.3. The second-order valence-corrected chi connectivity index (χ2v) is 39.1. The molecule has 0 aliphatic carbocycles. The fraction of sp³-hybridized carbons (Fsp3) is 0.0976. The Hall–Kier alpha value is -15.2. The maximum Gasteiger partial charge on any atom is 0.494 e. The molecule has 1 fully saturated rings. The van der Waals surface area contributed by atoms with Crippen LogP contribution in [0.1, 0.15) is 61.1 Å². The number of aromatic nitrogens is 11. The van der Waals surface area contributed by atoms with Gasteiger partial charge in [0.25, 0.3) is 0 Å². The zero-order valence-electron chi connectivity index (χ0n) is 80.7. The molecular weight excluding hydrogens is 1960 g/mol. The van der Waals surface area contributed by atoms with Crippen LogP contribution in [0.3, 0.4) is 0 Å². The highest BCUT2D eigenvalue weighted by Crippen LogP contribution is 2.41. The van der Waals surface area contributed by atoms with Crippen molar-refractivity contribution in [3.05, 3.63) is 460 Å². The number of hydrogen-bond acceptors (Lipinski definition) is 15. The predicted molar refractivity (Wildman–Crippen MR) is 596 cm³/mol. The van der Waals surface area contributed by atoms with Crippen LogP contribution in [0.5, 0.6) is 0 Å². The minimum Gasteiger partial charge on any atom is -0.423 e. The van der Waals surface area contributed by atoms with Crippen molar-refractivity contribution in [3.63, 3.8) is 0 Å². The minimum atomic E-state index is -1.34. The molecule has 0 radical (unpaired) electrons. The van der Waals surface area contributed by atoms with Crippen LogP contribution in [0.2, 0.25) is 0 Å². The average molecular weight is 2060 g/mol. The highest BCUT2D eigenvalue weighted by atomic mass is 79.9. The van der Waals surface area contributed by atoms with Gasteiger partial charge in [-0.25, -0.2) is 44.9 Å². The van der Waals surface area contributed by atoms with Crippen molar-refractivity contribution >= 4 is 94.5 Å². The van der Waals surface area contributed by atoms with Crippen LogP contribution < -0.4 is 10.9 Å². The molecule has 21 aromatic rings. The summed E-state index contributed by atoms with van der Waals surface area (Å²) in [6.45, 7) is 20.7. The molecule has 0 amide bonds. The molecule has 1 saturated heterocycles. The number of halogens is 3. The molecule has 1 aliphatic rings. The number of pyridine rings is 2. The molecular formula is C123H100B2Br3N11O4. The van der Waals surface area contributed by atoms with Gasteiger partial charge >= 0.3 is 14.2 Å². The molecule has 1 aliphatic heterocycles. The third-order valence-electron chi connectivity index (χ3n) is 25.1. The van der Waals surface area contributed by atoms with E-state index in [1.54, 1.807) is 24.3 Å². The van der Waals surface area contributed by atoms with Crippen LogP contribution in [0, 0.1) is 41.5 Å². The van der Waals surface area contributed by atoms with Gasteiger partial charge in [0.05, 0.1) is 22.6 Å². The first-order valence-electron chi connectivity index (χ1n) is 47.2. The Balaban J connectivity index is 0.000000125.